The van der Waals surface area contributed by atoms with E-state index in [0.717, 1.165) is 44.1 Å². The molecule has 2 aromatic carbocycles. The van der Waals surface area contributed by atoms with Gasteiger partial charge in [-0.1, -0.05) is 48.6 Å². The van der Waals surface area contributed by atoms with Crippen molar-refractivity contribution in [2.75, 3.05) is 13.2 Å². The van der Waals surface area contributed by atoms with E-state index in [4.69, 9.17) is 18.9 Å². The molecule has 5 nitrogen and oxygen atoms in total. The number of allylic oxidation sites excluding steroid dienone is 3. The topological polar surface area (TPSA) is 54.0 Å². The quantitative estimate of drug-likeness (QED) is 0.292. The van der Waals surface area contributed by atoms with Crippen LogP contribution in [0.1, 0.15) is 54.4 Å². The second-order valence-electron chi connectivity index (χ2n) is 7.98. The second kappa shape index (κ2) is 11.7. The molecule has 0 aromatic heterocycles. The summed E-state index contributed by atoms with van der Waals surface area (Å²) < 4.78 is 23.4. The molecule has 0 spiro atoms. The van der Waals surface area contributed by atoms with E-state index in [0.29, 0.717) is 30.3 Å². The molecular weight excluding hydrogens is 404 g/mol. The predicted octanol–water partition coefficient (Wildman–Crippen LogP) is 5.95. The molecule has 2 saturated heterocycles. The summed E-state index contributed by atoms with van der Waals surface area (Å²) >= 11 is 0. The molecule has 32 heavy (non-hydrogen) atoms. The van der Waals surface area contributed by atoms with Gasteiger partial charge in [0.05, 0.1) is 18.8 Å². The molecule has 2 aliphatic heterocycles. The Balaban J connectivity index is 1.49. The molecule has 2 fully saturated rings. The maximum atomic E-state index is 13.0. The van der Waals surface area contributed by atoms with Crippen LogP contribution in [0.4, 0.5) is 0 Å². The Labute approximate surface area is 189 Å². The molecule has 4 rings (SSSR count). The van der Waals surface area contributed by atoms with Crippen molar-refractivity contribution in [2.24, 2.45) is 0 Å². The highest BCUT2D eigenvalue weighted by atomic mass is 16.7. The highest BCUT2D eigenvalue weighted by Crippen LogP contribution is 2.29. The Morgan fingerprint density at radius 2 is 1.56 bits per heavy atom. The Morgan fingerprint density at radius 3 is 2.25 bits per heavy atom. The summed E-state index contributed by atoms with van der Waals surface area (Å²) in [6, 6.07) is 15.3. The van der Waals surface area contributed by atoms with E-state index in [1.807, 2.05) is 48.6 Å². The van der Waals surface area contributed by atoms with Gasteiger partial charge in [-0.3, -0.25) is 4.79 Å². The van der Waals surface area contributed by atoms with Gasteiger partial charge < -0.3 is 18.9 Å². The van der Waals surface area contributed by atoms with E-state index in [1.165, 1.54) is 0 Å². The summed E-state index contributed by atoms with van der Waals surface area (Å²) in [5.41, 5.74) is 1.53. The fraction of sp³-hybridized carbons (Fsp3) is 0.370. The molecular formula is C27H30O5. The van der Waals surface area contributed by atoms with Crippen LogP contribution in [0.5, 0.6) is 11.5 Å². The first-order chi connectivity index (χ1) is 15.8. The fourth-order valence-corrected chi connectivity index (χ4v) is 3.74. The average Bonchev–Trinajstić information content (AvgIpc) is 2.84. The van der Waals surface area contributed by atoms with Gasteiger partial charge in [0.2, 0.25) is 0 Å². The third kappa shape index (κ3) is 6.55. The predicted molar refractivity (Wildman–Crippen MR) is 124 cm³/mol. The van der Waals surface area contributed by atoms with Crippen LogP contribution < -0.4 is 9.47 Å². The first-order valence-corrected chi connectivity index (χ1v) is 11.4. The van der Waals surface area contributed by atoms with Gasteiger partial charge in [-0.25, -0.2) is 0 Å². The number of carbonyl (C=O) groups is 1. The Morgan fingerprint density at radius 1 is 0.844 bits per heavy atom. The third-order valence-corrected chi connectivity index (χ3v) is 5.47. The zero-order chi connectivity index (χ0) is 22.0. The first kappa shape index (κ1) is 22.3. The normalized spacial score (nSPS) is 21.6. The van der Waals surface area contributed by atoms with Crippen molar-refractivity contribution in [3.8, 4) is 11.5 Å². The van der Waals surface area contributed by atoms with Crippen molar-refractivity contribution in [3.05, 3.63) is 77.9 Å². The van der Waals surface area contributed by atoms with E-state index in [1.54, 1.807) is 24.3 Å². The van der Waals surface area contributed by atoms with Crippen molar-refractivity contribution in [1.82, 2.24) is 0 Å². The van der Waals surface area contributed by atoms with Crippen LogP contribution >= 0.6 is 0 Å². The fourth-order valence-electron chi connectivity index (χ4n) is 3.74. The van der Waals surface area contributed by atoms with Crippen molar-refractivity contribution in [1.29, 1.82) is 0 Å². The van der Waals surface area contributed by atoms with E-state index < -0.39 is 0 Å². The van der Waals surface area contributed by atoms with Gasteiger partial charge in [0.1, 0.15) is 11.5 Å². The van der Waals surface area contributed by atoms with Gasteiger partial charge in [-0.05, 0) is 55.5 Å². The van der Waals surface area contributed by atoms with Crippen molar-refractivity contribution >= 4 is 11.9 Å². The molecule has 0 bridgehead atoms. The van der Waals surface area contributed by atoms with Crippen molar-refractivity contribution < 1.29 is 23.7 Å². The molecule has 0 saturated carbocycles. The van der Waals surface area contributed by atoms with E-state index in [2.05, 4.69) is 0 Å². The number of hydrogen-bond acceptors (Lipinski definition) is 5. The molecule has 2 aromatic rings. The average molecular weight is 435 g/mol. The van der Waals surface area contributed by atoms with Crippen LogP contribution in [0.25, 0.3) is 6.08 Å². The van der Waals surface area contributed by atoms with Gasteiger partial charge in [0.25, 0.3) is 0 Å². The van der Waals surface area contributed by atoms with Crippen LogP contribution in [0.3, 0.4) is 0 Å². The molecule has 2 heterocycles. The minimum atomic E-state index is -0.328. The van der Waals surface area contributed by atoms with Crippen molar-refractivity contribution in [3.63, 3.8) is 0 Å². The maximum absolute atomic E-state index is 13.0. The third-order valence-electron chi connectivity index (χ3n) is 5.47. The Kier molecular flexibility index (Phi) is 8.12. The molecule has 168 valence electrons. The lowest BCUT2D eigenvalue weighted by Gasteiger charge is -2.25. The van der Waals surface area contributed by atoms with Gasteiger partial charge >= 0.3 is 0 Å². The largest absolute Gasteiger partial charge is 0.465 e. The maximum Gasteiger partial charge on any atom is 0.199 e. The van der Waals surface area contributed by atoms with Crippen LogP contribution in [-0.2, 0) is 9.47 Å². The summed E-state index contributed by atoms with van der Waals surface area (Å²) in [6.07, 6.45) is 12.4. The molecule has 0 radical (unpaired) electrons. The van der Waals surface area contributed by atoms with Crippen LogP contribution in [0.2, 0.25) is 0 Å². The van der Waals surface area contributed by atoms with Crippen LogP contribution in [0.15, 0.2) is 66.8 Å². The van der Waals surface area contributed by atoms with Gasteiger partial charge in [0, 0.05) is 12.8 Å². The lowest BCUT2D eigenvalue weighted by Crippen LogP contribution is -2.26. The van der Waals surface area contributed by atoms with Crippen LogP contribution in [0, 0.1) is 0 Å². The van der Waals surface area contributed by atoms with E-state index in [9.17, 15) is 4.79 Å². The summed E-state index contributed by atoms with van der Waals surface area (Å²) in [5.74, 6) is 0.962. The van der Waals surface area contributed by atoms with Crippen molar-refractivity contribution in [2.45, 2.75) is 51.1 Å². The van der Waals surface area contributed by atoms with E-state index in [-0.39, 0.29) is 18.4 Å². The Bertz CT molecular complexity index is 922. The van der Waals surface area contributed by atoms with E-state index >= 15 is 0 Å². The molecule has 0 N–H and O–H groups in total. The zero-order valence-electron chi connectivity index (χ0n) is 18.3. The highest BCUT2D eigenvalue weighted by molar-refractivity contribution is 6.07. The molecule has 2 atom stereocenters. The SMILES string of the molecule is O=C(/C=C/C=C/c1ccccc1)c1cc(OC2CCCCO2)ccc1OC1CCCCO1. The minimum absolute atomic E-state index is 0.150. The standard InChI is InChI=1S/C27H30O5/c28-24(13-5-4-12-21-10-2-1-3-11-21)23-20-22(31-26-14-6-8-18-29-26)16-17-25(23)32-27-15-7-9-19-30-27/h1-5,10-13,16-17,20,26-27H,6-9,14-15,18-19H2/b12-4+,13-5+. The molecule has 0 amide bonds. The number of ketones is 1. The summed E-state index contributed by atoms with van der Waals surface area (Å²) in [7, 11) is 0. The molecule has 0 aliphatic carbocycles. The summed E-state index contributed by atoms with van der Waals surface area (Å²) in [4.78, 5) is 13.0. The van der Waals surface area contributed by atoms with Gasteiger partial charge in [-0.2, -0.15) is 0 Å². The lowest BCUT2D eigenvalue weighted by molar-refractivity contribution is -0.107. The Hall–Kier alpha value is -2.89. The highest BCUT2D eigenvalue weighted by Gasteiger charge is 2.21. The molecule has 2 unspecified atom stereocenters. The first-order valence-electron chi connectivity index (χ1n) is 11.4. The molecule has 2 aliphatic rings. The monoisotopic (exact) mass is 434 g/mol. The number of rotatable bonds is 8. The molecule has 5 heteroatoms. The number of hydrogen-bond donors (Lipinski definition) is 0. The number of ether oxygens (including phenoxy) is 4. The minimum Gasteiger partial charge on any atom is -0.465 e. The van der Waals surface area contributed by atoms with Crippen LogP contribution in [-0.4, -0.2) is 31.6 Å². The summed E-state index contributed by atoms with van der Waals surface area (Å²) in [6.45, 7) is 1.38. The van der Waals surface area contributed by atoms with Gasteiger partial charge in [0.15, 0.2) is 18.4 Å². The lowest BCUT2D eigenvalue weighted by atomic mass is 10.1. The second-order valence-corrected chi connectivity index (χ2v) is 7.98. The number of carbonyl (C=O) groups excluding carboxylic acids is 1. The van der Waals surface area contributed by atoms with Gasteiger partial charge in [-0.15, -0.1) is 0 Å². The smallest absolute Gasteiger partial charge is 0.199 e. The zero-order valence-corrected chi connectivity index (χ0v) is 18.3. The summed E-state index contributed by atoms with van der Waals surface area (Å²) in [5, 5.41) is 0. The number of benzene rings is 2.